The maximum absolute atomic E-state index is 5.64. The van der Waals surface area contributed by atoms with Crippen LogP contribution in [0.2, 0.25) is 0 Å². The largest absolute Gasteiger partial charge is 0.377 e. The fourth-order valence-electron chi connectivity index (χ4n) is 1.66. The molecule has 0 saturated carbocycles. The summed E-state index contributed by atoms with van der Waals surface area (Å²) in [6.45, 7) is 3.26. The van der Waals surface area contributed by atoms with E-state index in [1.54, 1.807) is 0 Å². The number of alkyl halides is 1. The number of hydrogen-bond acceptors (Lipinski definition) is 1. The van der Waals surface area contributed by atoms with E-state index < -0.39 is 0 Å². The summed E-state index contributed by atoms with van der Waals surface area (Å²) < 4.78 is 6.40. The van der Waals surface area contributed by atoms with Gasteiger partial charge in [0, 0.05) is 10.5 Å². The van der Waals surface area contributed by atoms with Crippen LogP contribution in [0.3, 0.4) is 0 Å². The zero-order valence-electron chi connectivity index (χ0n) is 7.89. The summed E-state index contributed by atoms with van der Waals surface area (Å²) in [5, 5.41) is 0. The fraction of sp³-hybridized carbons (Fsp3) is 1.00. The molecule has 1 rings (SSSR count). The zero-order valence-corrected chi connectivity index (χ0v) is 10.0. The minimum Gasteiger partial charge on any atom is -0.377 e. The van der Waals surface area contributed by atoms with E-state index in [2.05, 4.69) is 29.5 Å². The molecule has 0 N–H and O–H groups in total. The molecule has 0 spiro atoms. The van der Waals surface area contributed by atoms with E-state index in [1.807, 2.05) is 0 Å². The highest BCUT2D eigenvalue weighted by atomic mass is 127. The Balaban J connectivity index is 2.05. The van der Waals surface area contributed by atoms with Crippen LogP contribution in [0, 0.1) is 0 Å². The quantitative estimate of drug-likeness (QED) is 0.425. The van der Waals surface area contributed by atoms with Gasteiger partial charge in [-0.15, -0.1) is 0 Å². The van der Waals surface area contributed by atoms with Crippen LogP contribution in [-0.4, -0.2) is 16.6 Å². The molecule has 1 saturated heterocycles. The summed E-state index contributed by atoms with van der Waals surface area (Å²) in [5.41, 5.74) is 0. The van der Waals surface area contributed by atoms with Gasteiger partial charge in [-0.1, -0.05) is 48.8 Å². The zero-order chi connectivity index (χ0) is 8.81. The van der Waals surface area contributed by atoms with Gasteiger partial charge in [0.1, 0.15) is 0 Å². The summed E-state index contributed by atoms with van der Waals surface area (Å²) >= 11 is 2.56. The van der Waals surface area contributed by atoms with Gasteiger partial charge in [-0.25, -0.2) is 0 Å². The van der Waals surface area contributed by atoms with Crippen LogP contribution in [0.15, 0.2) is 0 Å². The highest BCUT2D eigenvalue weighted by Gasteiger charge is 2.22. The summed E-state index contributed by atoms with van der Waals surface area (Å²) in [7, 11) is 0. The van der Waals surface area contributed by atoms with Crippen LogP contribution in [0.5, 0.6) is 0 Å². The maximum Gasteiger partial charge on any atom is 0.0693 e. The second-order valence-electron chi connectivity index (χ2n) is 3.56. The van der Waals surface area contributed by atoms with Crippen molar-refractivity contribution in [3.05, 3.63) is 0 Å². The molecule has 0 aromatic rings. The fourth-order valence-corrected chi connectivity index (χ4v) is 2.67. The SMILES string of the molecule is CCCCC[C@@H](I)[C@@H]1CCCO1. The van der Waals surface area contributed by atoms with E-state index in [0.29, 0.717) is 6.10 Å². The first kappa shape index (κ1) is 10.8. The summed E-state index contributed by atoms with van der Waals surface area (Å²) in [6, 6.07) is 0. The summed E-state index contributed by atoms with van der Waals surface area (Å²) in [6.07, 6.45) is 8.57. The van der Waals surface area contributed by atoms with Crippen molar-refractivity contribution >= 4 is 22.6 Å². The van der Waals surface area contributed by atoms with E-state index in [-0.39, 0.29) is 0 Å². The topological polar surface area (TPSA) is 9.23 Å². The molecule has 0 aromatic heterocycles. The van der Waals surface area contributed by atoms with Crippen LogP contribution in [0.4, 0.5) is 0 Å². The van der Waals surface area contributed by atoms with E-state index in [4.69, 9.17) is 4.74 Å². The standard InChI is InChI=1S/C10H19IO/c1-2-3-4-6-9(11)10-7-5-8-12-10/h9-10H,2-8H2,1H3/t9-,10+/m1/s1. The molecule has 1 aliphatic heterocycles. The Morgan fingerprint density at radius 2 is 2.33 bits per heavy atom. The average molecular weight is 282 g/mol. The van der Waals surface area contributed by atoms with E-state index in [0.717, 1.165) is 10.5 Å². The van der Waals surface area contributed by atoms with Crippen LogP contribution in [-0.2, 0) is 4.74 Å². The van der Waals surface area contributed by atoms with Gasteiger partial charge in [0.05, 0.1) is 6.10 Å². The molecule has 2 atom stereocenters. The van der Waals surface area contributed by atoms with E-state index in [1.165, 1.54) is 38.5 Å². The van der Waals surface area contributed by atoms with Gasteiger partial charge in [0.2, 0.25) is 0 Å². The molecule has 0 unspecified atom stereocenters. The Morgan fingerprint density at radius 1 is 1.50 bits per heavy atom. The lowest BCUT2D eigenvalue weighted by atomic mass is 10.1. The van der Waals surface area contributed by atoms with Gasteiger partial charge in [-0.2, -0.15) is 0 Å². The first-order valence-electron chi connectivity index (χ1n) is 5.10. The number of hydrogen-bond donors (Lipinski definition) is 0. The molecule has 1 nitrogen and oxygen atoms in total. The van der Waals surface area contributed by atoms with Crippen molar-refractivity contribution in [1.29, 1.82) is 0 Å². The monoisotopic (exact) mass is 282 g/mol. The lowest BCUT2D eigenvalue weighted by molar-refractivity contribution is 0.110. The summed E-state index contributed by atoms with van der Waals surface area (Å²) in [5.74, 6) is 0. The van der Waals surface area contributed by atoms with Crippen LogP contribution in [0.25, 0.3) is 0 Å². The number of unbranched alkanes of at least 4 members (excludes halogenated alkanes) is 2. The second kappa shape index (κ2) is 6.19. The van der Waals surface area contributed by atoms with Crippen molar-refractivity contribution in [3.63, 3.8) is 0 Å². The van der Waals surface area contributed by atoms with Crippen LogP contribution >= 0.6 is 22.6 Å². The number of rotatable bonds is 5. The second-order valence-corrected chi connectivity index (χ2v) is 5.16. The highest BCUT2D eigenvalue weighted by molar-refractivity contribution is 14.1. The Kier molecular flexibility index (Phi) is 5.56. The van der Waals surface area contributed by atoms with Crippen molar-refractivity contribution in [2.24, 2.45) is 0 Å². The van der Waals surface area contributed by atoms with Crippen molar-refractivity contribution < 1.29 is 4.74 Å². The first-order chi connectivity index (χ1) is 5.84. The normalized spacial score (nSPS) is 26.0. The van der Waals surface area contributed by atoms with Crippen molar-refractivity contribution in [3.8, 4) is 0 Å². The smallest absolute Gasteiger partial charge is 0.0693 e. The summed E-state index contributed by atoms with van der Waals surface area (Å²) in [4.78, 5) is 0. The molecule has 0 aromatic carbocycles. The highest BCUT2D eigenvalue weighted by Crippen LogP contribution is 2.25. The first-order valence-corrected chi connectivity index (χ1v) is 6.35. The predicted molar refractivity (Wildman–Crippen MR) is 60.9 cm³/mol. The third-order valence-corrected chi connectivity index (χ3v) is 3.88. The molecule has 1 aliphatic rings. The maximum atomic E-state index is 5.64. The lowest BCUT2D eigenvalue weighted by Gasteiger charge is -2.16. The minimum atomic E-state index is 0.572. The molecule has 1 fully saturated rings. The van der Waals surface area contributed by atoms with Crippen molar-refractivity contribution in [2.45, 2.75) is 55.5 Å². The molecule has 1 heterocycles. The molecule has 0 radical (unpaired) electrons. The average Bonchev–Trinajstić information content (AvgIpc) is 2.56. The third-order valence-electron chi connectivity index (χ3n) is 2.45. The molecular weight excluding hydrogens is 263 g/mol. The van der Waals surface area contributed by atoms with Gasteiger partial charge < -0.3 is 4.74 Å². The molecule has 72 valence electrons. The van der Waals surface area contributed by atoms with Gasteiger partial charge in [-0.05, 0) is 19.3 Å². The van der Waals surface area contributed by atoms with Crippen molar-refractivity contribution in [2.75, 3.05) is 6.61 Å². The Morgan fingerprint density at radius 3 is 2.92 bits per heavy atom. The third kappa shape index (κ3) is 3.60. The van der Waals surface area contributed by atoms with Crippen LogP contribution in [0.1, 0.15) is 45.4 Å². The van der Waals surface area contributed by atoms with Crippen LogP contribution < -0.4 is 0 Å². The molecule has 0 amide bonds. The lowest BCUT2D eigenvalue weighted by Crippen LogP contribution is -2.18. The van der Waals surface area contributed by atoms with Gasteiger partial charge in [-0.3, -0.25) is 0 Å². The Labute approximate surface area is 89.4 Å². The van der Waals surface area contributed by atoms with E-state index >= 15 is 0 Å². The minimum absolute atomic E-state index is 0.572. The van der Waals surface area contributed by atoms with Gasteiger partial charge in [0.15, 0.2) is 0 Å². The predicted octanol–water partition coefficient (Wildman–Crippen LogP) is 3.55. The van der Waals surface area contributed by atoms with Gasteiger partial charge >= 0.3 is 0 Å². The Hall–Kier alpha value is 0.690. The molecule has 2 heteroatoms. The Bertz CT molecular complexity index is 110. The van der Waals surface area contributed by atoms with Crippen molar-refractivity contribution in [1.82, 2.24) is 0 Å². The van der Waals surface area contributed by atoms with E-state index in [9.17, 15) is 0 Å². The molecule has 0 aliphatic carbocycles. The molecular formula is C10H19IO. The van der Waals surface area contributed by atoms with Gasteiger partial charge in [0.25, 0.3) is 0 Å². The number of halogens is 1. The number of ether oxygens (including phenoxy) is 1. The molecule has 0 bridgehead atoms. The molecule has 12 heavy (non-hydrogen) atoms.